The number of rotatable bonds is 7. The van der Waals surface area contributed by atoms with Gasteiger partial charge in [-0.25, -0.2) is 13.2 Å². The molecule has 4 heterocycles. The average molecular weight is 593 g/mol. The monoisotopic (exact) mass is 592 g/mol. The van der Waals surface area contributed by atoms with Crippen molar-refractivity contribution in [1.82, 2.24) is 15.2 Å². The lowest BCUT2D eigenvalue weighted by atomic mass is 9.97. The summed E-state index contributed by atoms with van der Waals surface area (Å²) in [6, 6.07) is 13.1. The molecule has 4 aromatic rings. The Hall–Kier alpha value is -4.18. The van der Waals surface area contributed by atoms with Gasteiger partial charge < -0.3 is 16.0 Å². The molecular weight excluding hydrogens is 561 g/mol. The third kappa shape index (κ3) is 5.63. The van der Waals surface area contributed by atoms with E-state index in [0.29, 0.717) is 57.2 Å². The van der Waals surface area contributed by atoms with E-state index in [9.17, 15) is 22.8 Å². The number of hydrogen-bond donors (Lipinski definition) is 2. The SMILES string of the molecule is CC.Nc1c(CCc2ccc(F)cc2)nc2c(c1-c1ccc(C(=O)NCc3ccc(F)c(F)c3)s1)C(=O)N1CCCC21. The van der Waals surface area contributed by atoms with Crippen LogP contribution in [0, 0.1) is 17.5 Å². The first-order chi connectivity index (χ1) is 20.3. The lowest BCUT2D eigenvalue weighted by Gasteiger charge is -2.15. The largest absolute Gasteiger partial charge is 0.397 e. The number of nitrogens with one attached hydrogen (secondary N) is 1. The van der Waals surface area contributed by atoms with Crippen LogP contribution in [0.25, 0.3) is 10.4 Å². The number of nitrogens with zero attached hydrogens (tertiary/aromatic N) is 2. The Morgan fingerprint density at radius 1 is 1.00 bits per heavy atom. The van der Waals surface area contributed by atoms with Crippen LogP contribution in [0.2, 0.25) is 0 Å². The van der Waals surface area contributed by atoms with E-state index in [0.717, 1.165) is 36.2 Å². The van der Waals surface area contributed by atoms with Crippen molar-refractivity contribution in [1.29, 1.82) is 0 Å². The smallest absolute Gasteiger partial charge is 0.261 e. The summed E-state index contributed by atoms with van der Waals surface area (Å²) >= 11 is 1.20. The van der Waals surface area contributed by atoms with Crippen LogP contribution in [0.5, 0.6) is 0 Å². The maximum absolute atomic E-state index is 13.5. The molecule has 6 nitrogen and oxygen atoms in total. The molecule has 2 aliphatic rings. The van der Waals surface area contributed by atoms with Gasteiger partial charge in [-0.05, 0) is 73.2 Å². The minimum absolute atomic E-state index is 0.0265. The van der Waals surface area contributed by atoms with Crippen LogP contribution in [0.1, 0.15) is 75.3 Å². The van der Waals surface area contributed by atoms with Gasteiger partial charge in [-0.2, -0.15) is 0 Å². The van der Waals surface area contributed by atoms with Crippen molar-refractivity contribution in [2.24, 2.45) is 0 Å². The lowest BCUT2D eigenvalue weighted by Crippen LogP contribution is -2.23. The van der Waals surface area contributed by atoms with Crippen LogP contribution in [0.15, 0.2) is 54.6 Å². The first kappa shape index (κ1) is 29.3. The van der Waals surface area contributed by atoms with E-state index < -0.39 is 11.6 Å². The Morgan fingerprint density at radius 3 is 2.48 bits per heavy atom. The van der Waals surface area contributed by atoms with E-state index in [1.54, 1.807) is 24.3 Å². The molecule has 2 aromatic carbocycles. The van der Waals surface area contributed by atoms with Gasteiger partial charge in [-0.3, -0.25) is 14.6 Å². The fourth-order valence-corrected chi connectivity index (χ4v) is 6.43. The van der Waals surface area contributed by atoms with Crippen LogP contribution < -0.4 is 11.1 Å². The van der Waals surface area contributed by atoms with Gasteiger partial charge in [-0.1, -0.05) is 32.0 Å². The number of halogens is 3. The molecule has 1 atom stereocenters. The van der Waals surface area contributed by atoms with E-state index in [1.807, 2.05) is 18.7 Å². The summed E-state index contributed by atoms with van der Waals surface area (Å²) in [7, 11) is 0. The highest BCUT2D eigenvalue weighted by molar-refractivity contribution is 7.17. The van der Waals surface area contributed by atoms with Gasteiger partial charge in [0.25, 0.3) is 11.8 Å². The average Bonchev–Trinajstić information content (AvgIpc) is 3.73. The quantitative estimate of drug-likeness (QED) is 0.246. The van der Waals surface area contributed by atoms with Crippen molar-refractivity contribution in [2.75, 3.05) is 12.3 Å². The zero-order valence-electron chi connectivity index (χ0n) is 23.3. The van der Waals surface area contributed by atoms with Crippen molar-refractivity contribution >= 4 is 28.8 Å². The predicted octanol–water partition coefficient (Wildman–Crippen LogP) is 6.84. The third-order valence-corrected chi connectivity index (χ3v) is 8.56. The van der Waals surface area contributed by atoms with Gasteiger partial charge in [0, 0.05) is 23.5 Å². The maximum Gasteiger partial charge on any atom is 0.261 e. The van der Waals surface area contributed by atoms with Gasteiger partial charge in [0.2, 0.25) is 0 Å². The molecule has 42 heavy (non-hydrogen) atoms. The maximum atomic E-state index is 13.5. The summed E-state index contributed by atoms with van der Waals surface area (Å²) in [6.45, 7) is 4.69. The molecule has 1 fully saturated rings. The molecule has 1 unspecified atom stereocenters. The number of carbonyl (C=O) groups is 2. The summed E-state index contributed by atoms with van der Waals surface area (Å²) in [5.74, 6) is -2.72. The Labute approximate surface area is 246 Å². The number of carbonyl (C=O) groups excluding carboxylic acids is 2. The second-order valence-electron chi connectivity index (χ2n) is 9.99. The Balaban J connectivity index is 0.00000173. The van der Waals surface area contributed by atoms with E-state index in [1.165, 1.54) is 29.5 Å². The highest BCUT2D eigenvalue weighted by Crippen LogP contribution is 2.47. The first-order valence-corrected chi connectivity index (χ1v) is 14.8. The highest BCUT2D eigenvalue weighted by atomic mass is 32.1. The molecule has 0 bridgehead atoms. The van der Waals surface area contributed by atoms with Crippen LogP contribution in [0.3, 0.4) is 0 Å². The number of amides is 2. The lowest BCUT2D eigenvalue weighted by molar-refractivity contribution is 0.0776. The molecule has 10 heteroatoms. The Bertz CT molecular complexity index is 1640. The second kappa shape index (κ2) is 12.4. The van der Waals surface area contributed by atoms with E-state index >= 15 is 0 Å². The van der Waals surface area contributed by atoms with E-state index in [4.69, 9.17) is 10.7 Å². The van der Waals surface area contributed by atoms with Crippen molar-refractivity contribution in [3.8, 4) is 10.4 Å². The molecule has 0 aliphatic carbocycles. The molecule has 2 aromatic heterocycles. The molecule has 0 saturated carbocycles. The minimum Gasteiger partial charge on any atom is -0.397 e. The summed E-state index contributed by atoms with van der Waals surface area (Å²) in [5.41, 5.74) is 10.9. The molecule has 2 aliphatic heterocycles. The zero-order chi connectivity index (χ0) is 30.0. The molecule has 3 N–H and O–H groups in total. The molecule has 0 spiro atoms. The zero-order valence-corrected chi connectivity index (χ0v) is 24.2. The van der Waals surface area contributed by atoms with Gasteiger partial charge in [0.05, 0.1) is 33.6 Å². The topological polar surface area (TPSA) is 88.3 Å². The Morgan fingerprint density at radius 2 is 1.74 bits per heavy atom. The van der Waals surface area contributed by atoms with E-state index in [2.05, 4.69) is 5.32 Å². The van der Waals surface area contributed by atoms with Gasteiger partial charge >= 0.3 is 0 Å². The minimum atomic E-state index is -0.979. The van der Waals surface area contributed by atoms with Gasteiger partial charge in [-0.15, -0.1) is 11.3 Å². The number of hydrogen-bond acceptors (Lipinski definition) is 5. The number of aromatic nitrogens is 1. The standard InChI is InChI=1S/C30H25F3N4O2S.C2H6/c31-18-7-3-16(4-8-18)6-10-21-27(34)25(26-28(36-21)22-2-1-13-37(22)30(26)39)23-11-12-24(40-23)29(38)35-15-17-5-9-19(32)20(33)14-17;1-2/h3-5,7-9,11-12,14,22H,1-2,6,10,13,15,34H2,(H,35,38);1-2H3. The normalized spacial score (nSPS) is 15.2. The first-order valence-electron chi connectivity index (χ1n) is 14.0. The molecule has 1 saturated heterocycles. The third-order valence-electron chi connectivity index (χ3n) is 7.46. The molecule has 0 radical (unpaired) electrons. The number of fused-ring (bicyclic) bond motifs is 3. The summed E-state index contributed by atoms with van der Waals surface area (Å²) in [5, 5.41) is 2.73. The number of nitrogens with two attached hydrogens (primary N) is 1. The molecular formula is C32H31F3N4O2S. The molecule has 6 rings (SSSR count). The number of aryl methyl sites for hydroxylation is 2. The molecule has 218 valence electrons. The predicted molar refractivity (Wildman–Crippen MR) is 158 cm³/mol. The fraction of sp³-hybridized carbons (Fsp3) is 0.281. The number of anilines is 1. The van der Waals surface area contributed by atoms with Crippen LogP contribution in [-0.2, 0) is 19.4 Å². The molecule has 2 amide bonds. The number of pyridine rings is 1. The van der Waals surface area contributed by atoms with Crippen molar-refractivity contribution in [3.05, 3.63) is 105 Å². The highest BCUT2D eigenvalue weighted by Gasteiger charge is 2.44. The van der Waals surface area contributed by atoms with Crippen molar-refractivity contribution < 1.29 is 22.8 Å². The van der Waals surface area contributed by atoms with E-state index in [-0.39, 0.29) is 30.2 Å². The Kier molecular flexibility index (Phi) is 8.63. The van der Waals surface area contributed by atoms with Crippen LogP contribution in [0.4, 0.5) is 18.9 Å². The number of nitrogen functional groups attached to an aromatic ring is 1. The fourth-order valence-electron chi connectivity index (χ4n) is 5.44. The second-order valence-corrected chi connectivity index (χ2v) is 11.1. The van der Waals surface area contributed by atoms with Gasteiger partial charge in [0.1, 0.15) is 5.82 Å². The summed E-state index contributed by atoms with van der Waals surface area (Å²) in [4.78, 5) is 34.1. The summed E-state index contributed by atoms with van der Waals surface area (Å²) in [6.07, 6.45) is 2.84. The number of thiophene rings is 1. The van der Waals surface area contributed by atoms with Crippen LogP contribution in [-0.4, -0.2) is 28.2 Å². The van der Waals surface area contributed by atoms with Crippen molar-refractivity contribution in [3.63, 3.8) is 0 Å². The van der Waals surface area contributed by atoms with Crippen molar-refractivity contribution in [2.45, 2.75) is 52.1 Å². The van der Waals surface area contributed by atoms with Crippen LogP contribution >= 0.6 is 11.3 Å². The van der Waals surface area contributed by atoms with Gasteiger partial charge in [0.15, 0.2) is 11.6 Å². The number of benzene rings is 2. The summed E-state index contributed by atoms with van der Waals surface area (Å²) < 4.78 is 40.1.